The van der Waals surface area contributed by atoms with Gasteiger partial charge in [-0.3, -0.25) is 9.00 Å². The maximum Gasteiger partial charge on any atom is 0.302 e. The molecule has 0 heterocycles. The van der Waals surface area contributed by atoms with Gasteiger partial charge in [-0.25, -0.2) is 0 Å². The minimum Gasteiger partial charge on any atom is -0.466 e. The lowest BCUT2D eigenvalue weighted by Gasteiger charge is -2.08. The van der Waals surface area contributed by atoms with Crippen molar-refractivity contribution < 1.29 is 13.7 Å². The van der Waals surface area contributed by atoms with E-state index in [0.717, 1.165) is 0 Å². The van der Waals surface area contributed by atoms with Gasteiger partial charge >= 0.3 is 5.97 Å². The monoisotopic (exact) mass is 178 g/mol. The molecular formula is C7H14O3S. The smallest absolute Gasteiger partial charge is 0.302 e. The van der Waals surface area contributed by atoms with Gasteiger partial charge in [0.05, 0.1) is 6.61 Å². The lowest BCUT2D eigenvalue weighted by molar-refractivity contribution is -0.141. The number of hydrogen-bond acceptors (Lipinski definition) is 3. The fraction of sp³-hybridized carbons (Fsp3) is 0.857. The summed E-state index contributed by atoms with van der Waals surface area (Å²) in [6.07, 6.45) is 1.64. The van der Waals surface area contributed by atoms with Crippen molar-refractivity contribution in [1.29, 1.82) is 0 Å². The molecule has 0 aromatic rings. The largest absolute Gasteiger partial charge is 0.466 e. The maximum absolute atomic E-state index is 10.7. The van der Waals surface area contributed by atoms with E-state index in [9.17, 15) is 9.00 Å². The summed E-state index contributed by atoms with van der Waals surface area (Å²) in [6, 6.07) is 0. The summed E-state index contributed by atoms with van der Waals surface area (Å²) in [5.41, 5.74) is 0. The zero-order valence-electron chi connectivity index (χ0n) is 7.12. The van der Waals surface area contributed by atoms with Gasteiger partial charge in [-0.1, -0.05) is 6.92 Å². The van der Waals surface area contributed by atoms with Gasteiger partial charge in [0.1, 0.15) is 0 Å². The highest BCUT2D eigenvalue weighted by Gasteiger charge is 2.05. The van der Waals surface area contributed by atoms with Crippen LogP contribution in [-0.2, 0) is 20.3 Å². The SMILES string of the molecule is CC(=O)OCC(C)C[S@](C)=O. The molecule has 4 heteroatoms. The number of ether oxygens (including phenoxy) is 1. The van der Waals surface area contributed by atoms with Crippen LogP contribution in [0.5, 0.6) is 0 Å². The Kier molecular flexibility index (Phi) is 5.11. The van der Waals surface area contributed by atoms with Crippen molar-refractivity contribution in [2.24, 2.45) is 5.92 Å². The van der Waals surface area contributed by atoms with E-state index in [4.69, 9.17) is 4.74 Å². The highest BCUT2D eigenvalue weighted by molar-refractivity contribution is 7.84. The summed E-state index contributed by atoms with van der Waals surface area (Å²) >= 11 is 0. The Morgan fingerprint density at radius 3 is 2.55 bits per heavy atom. The molecule has 0 aromatic carbocycles. The second kappa shape index (κ2) is 5.29. The lowest BCUT2D eigenvalue weighted by Crippen LogP contribution is -2.15. The van der Waals surface area contributed by atoms with Crippen molar-refractivity contribution in [3.8, 4) is 0 Å². The molecule has 0 spiro atoms. The van der Waals surface area contributed by atoms with Gasteiger partial charge in [-0.2, -0.15) is 0 Å². The zero-order valence-corrected chi connectivity index (χ0v) is 7.94. The van der Waals surface area contributed by atoms with Gasteiger partial charge in [0.25, 0.3) is 0 Å². The summed E-state index contributed by atoms with van der Waals surface area (Å²) < 4.78 is 15.4. The molecule has 0 amide bonds. The van der Waals surface area contributed by atoms with Crippen LogP contribution in [-0.4, -0.2) is 28.8 Å². The van der Waals surface area contributed by atoms with Crippen LogP contribution in [0, 0.1) is 5.92 Å². The van der Waals surface area contributed by atoms with Gasteiger partial charge < -0.3 is 4.74 Å². The average molecular weight is 178 g/mol. The molecule has 0 radical (unpaired) electrons. The molecular weight excluding hydrogens is 164 g/mol. The molecule has 0 aliphatic rings. The molecule has 0 saturated heterocycles. The first-order chi connectivity index (χ1) is 5.02. The van der Waals surface area contributed by atoms with Crippen molar-refractivity contribution in [2.75, 3.05) is 18.6 Å². The molecule has 3 nitrogen and oxygen atoms in total. The third kappa shape index (κ3) is 7.52. The molecule has 0 aliphatic carbocycles. The highest BCUT2D eigenvalue weighted by Crippen LogP contribution is 1.97. The van der Waals surface area contributed by atoms with E-state index in [1.54, 1.807) is 6.26 Å². The maximum atomic E-state index is 10.7. The third-order valence-corrected chi connectivity index (χ3v) is 2.13. The van der Waals surface area contributed by atoms with E-state index < -0.39 is 10.8 Å². The molecule has 11 heavy (non-hydrogen) atoms. The molecule has 0 bridgehead atoms. The number of carbonyl (C=O) groups excluding carboxylic acids is 1. The first kappa shape index (κ1) is 10.6. The van der Waals surface area contributed by atoms with Gasteiger partial charge in [-0.15, -0.1) is 0 Å². The van der Waals surface area contributed by atoms with Crippen LogP contribution in [0.2, 0.25) is 0 Å². The average Bonchev–Trinajstić information content (AvgIpc) is 1.82. The normalized spacial score (nSPS) is 15.5. The molecule has 66 valence electrons. The van der Waals surface area contributed by atoms with Crippen LogP contribution in [0.4, 0.5) is 0 Å². The van der Waals surface area contributed by atoms with Crippen molar-refractivity contribution in [2.45, 2.75) is 13.8 Å². The van der Waals surface area contributed by atoms with E-state index in [1.165, 1.54) is 6.92 Å². The molecule has 2 atom stereocenters. The molecule has 0 aromatic heterocycles. The van der Waals surface area contributed by atoms with Crippen molar-refractivity contribution >= 4 is 16.8 Å². The Labute approximate surface area is 69.6 Å². The fourth-order valence-electron chi connectivity index (χ4n) is 0.708. The molecule has 0 fully saturated rings. The Hall–Kier alpha value is -0.380. The molecule has 0 saturated carbocycles. The summed E-state index contributed by atoms with van der Waals surface area (Å²) in [5, 5.41) is 0. The quantitative estimate of drug-likeness (QED) is 0.591. The Morgan fingerprint density at radius 2 is 2.18 bits per heavy atom. The topological polar surface area (TPSA) is 43.4 Å². The minimum atomic E-state index is -0.802. The molecule has 0 rings (SSSR count). The van der Waals surface area contributed by atoms with E-state index in [0.29, 0.717) is 12.4 Å². The van der Waals surface area contributed by atoms with Crippen LogP contribution < -0.4 is 0 Å². The lowest BCUT2D eigenvalue weighted by atomic mass is 10.2. The second-order valence-electron chi connectivity index (χ2n) is 2.65. The van der Waals surface area contributed by atoms with Gasteiger partial charge in [0, 0.05) is 35.6 Å². The van der Waals surface area contributed by atoms with Crippen molar-refractivity contribution in [3.63, 3.8) is 0 Å². The molecule has 0 aliphatic heterocycles. The summed E-state index contributed by atoms with van der Waals surface area (Å²) in [6.45, 7) is 3.65. The Morgan fingerprint density at radius 1 is 1.64 bits per heavy atom. The van der Waals surface area contributed by atoms with E-state index in [1.807, 2.05) is 6.92 Å². The number of carbonyl (C=O) groups is 1. The number of esters is 1. The number of hydrogen-bond donors (Lipinski definition) is 0. The Bertz CT molecular complexity index is 156. The second-order valence-corrected chi connectivity index (χ2v) is 4.13. The van der Waals surface area contributed by atoms with Crippen LogP contribution in [0.25, 0.3) is 0 Å². The summed E-state index contributed by atoms with van der Waals surface area (Å²) in [4.78, 5) is 10.3. The first-order valence-electron chi connectivity index (χ1n) is 3.45. The van der Waals surface area contributed by atoms with Crippen molar-refractivity contribution in [3.05, 3.63) is 0 Å². The van der Waals surface area contributed by atoms with Crippen LogP contribution in [0.3, 0.4) is 0 Å². The standard InChI is InChI=1S/C7H14O3S/c1-6(5-11(3)9)4-10-7(2)8/h6H,4-5H2,1-3H3/t6?,11-/m0/s1. The van der Waals surface area contributed by atoms with Crippen molar-refractivity contribution in [1.82, 2.24) is 0 Å². The van der Waals surface area contributed by atoms with Gasteiger partial charge in [0.15, 0.2) is 0 Å². The summed E-state index contributed by atoms with van der Waals surface area (Å²) in [7, 11) is -0.802. The number of rotatable bonds is 4. The first-order valence-corrected chi connectivity index (χ1v) is 5.18. The van der Waals surface area contributed by atoms with Crippen LogP contribution in [0.15, 0.2) is 0 Å². The highest BCUT2D eigenvalue weighted by atomic mass is 32.2. The molecule has 0 N–H and O–H groups in total. The zero-order chi connectivity index (χ0) is 8.85. The van der Waals surface area contributed by atoms with Gasteiger partial charge in [-0.05, 0) is 0 Å². The van der Waals surface area contributed by atoms with E-state index in [2.05, 4.69) is 0 Å². The van der Waals surface area contributed by atoms with E-state index in [-0.39, 0.29) is 11.9 Å². The minimum absolute atomic E-state index is 0.185. The van der Waals surface area contributed by atoms with Gasteiger partial charge in [0.2, 0.25) is 0 Å². The third-order valence-electron chi connectivity index (χ3n) is 1.09. The van der Waals surface area contributed by atoms with Crippen LogP contribution >= 0.6 is 0 Å². The summed E-state index contributed by atoms with van der Waals surface area (Å²) in [5.74, 6) is 0.497. The molecule has 1 unspecified atom stereocenters. The predicted molar refractivity (Wildman–Crippen MR) is 44.7 cm³/mol. The van der Waals surface area contributed by atoms with Crippen LogP contribution in [0.1, 0.15) is 13.8 Å². The Balaban J connectivity index is 3.44. The fourth-order valence-corrected chi connectivity index (χ4v) is 1.61. The van der Waals surface area contributed by atoms with E-state index >= 15 is 0 Å². The predicted octanol–water partition coefficient (Wildman–Crippen LogP) is 0.564.